The Balaban J connectivity index is 2.46. The van der Waals surface area contributed by atoms with Gasteiger partial charge in [-0.2, -0.15) is 0 Å². The van der Waals surface area contributed by atoms with Gasteiger partial charge in [0.15, 0.2) is 0 Å². The molecule has 1 N–H and O–H groups in total. The van der Waals surface area contributed by atoms with E-state index in [-0.39, 0.29) is 17.9 Å². The molecule has 0 aromatic carbocycles. The van der Waals surface area contributed by atoms with Gasteiger partial charge in [0, 0.05) is 6.04 Å². The number of rotatable bonds is 1. The summed E-state index contributed by atoms with van der Waals surface area (Å²) in [5, 5.41) is 3.18. The van der Waals surface area contributed by atoms with E-state index in [9.17, 15) is 4.79 Å². The lowest BCUT2D eigenvalue weighted by Crippen LogP contribution is -2.28. The molecule has 0 aliphatic carbocycles. The molecule has 0 spiro atoms. The van der Waals surface area contributed by atoms with Crippen LogP contribution in [0.2, 0.25) is 0 Å². The van der Waals surface area contributed by atoms with Crippen molar-refractivity contribution in [2.24, 2.45) is 5.92 Å². The van der Waals surface area contributed by atoms with Crippen LogP contribution in [0.1, 0.15) is 13.3 Å². The van der Waals surface area contributed by atoms with Crippen LogP contribution in [0.3, 0.4) is 0 Å². The highest BCUT2D eigenvalue weighted by Crippen LogP contribution is 2.15. The fourth-order valence-corrected chi connectivity index (χ4v) is 1.33. The van der Waals surface area contributed by atoms with E-state index in [1.807, 2.05) is 6.92 Å². The van der Waals surface area contributed by atoms with Crippen LogP contribution in [0.15, 0.2) is 0 Å². The van der Waals surface area contributed by atoms with Gasteiger partial charge in [-0.15, -0.1) is 0 Å². The van der Waals surface area contributed by atoms with Gasteiger partial charge in [-0.3, -0.25) is 4.79 Å². The van der Waals surface area contributed by atoms with Gasteiger partial charge in [0.25, 0.3) is 0 Å². The molecule has 10 heavy (non-hydrogen) atoms. The summed E-state index contributed by atoms with van der Waals surface area (Å²) in [4.78, 5) is 11.0. The SMILES string of the molecule is COC(=O)C1CCNC1C. The summed E-state index contributed by atoms with van der Waals surface area (Å²) in [5.74, 6) is -0.0116. The second kappa shape index (κ2) is 3.01. The van der Waals surface area contributed by atoms with Crippen molar-refractivity contribution >= 4 is 5.97 Å². The smallest absolute Gasteiger partial charge is 0.310 e. The number of carbonyl (C=O) groups excluding carboxylic acids is 1. The third kappa shape index (κ3) is 1.29. The molecule has 2 atom stereocenters. The van der Waals surface area contributed by atoms with E-state index >= 15 is 0 Å². The van der Waals surface area contributed by atoms with Gasteiger partial charge in [-0.1, -0.05) is 0 Å². The predicted molar refractivity (Wildman–Crippen MR) is 37.6 cm³/mol. The number of nitrogens with one attached hydrogen (secondary N) is 1. The minimum atomic E-state index is -0.0856. The molecule has 1 saturated heterocycles. The zero-order valence-corrected chi connectivity index (χ0v) is 6.39. The Labute approximate surface area is 60.7 Å². The average molecular weight is 143 g/mol. The molecule has 0 radical (unpaired) electrons. The van der Waals surface area contributed by atoms with Crippen molar-refractivity contribution in [3.8, 4) is 0 Å². The van der Waals surface area contributed by atoms with E-state index in [2.05, 4.69) is 10.1 Å². The zero-order chi connectivity index (χ0) is 7.56. The first-order chi connectivity index (χ1) is 4.75. The van der Waals surface area contributed by atoms with E-state index in [1.165, 1.54) is 7.11 Å². The first kappa shape index (κ1) is 7.54. The number of ether oxygens (including phenoxy) is 1. The summed E-state index contributed by atoms with van der Waals surface area (Å²) in [6.07, 6.45) is 0.911. The molecule has 0 aromatic heterocycles. The van der Waals surface area contributed by atoms with Crippen molar-refractivity contribution in [1.29, 1.82) is 0 Å². The van der Waals surface area contributed by atoms with Crippen molar-refractivity contribution in [2.75, 3.05) is 13.7 Å². The molecular formula is C7H13NO2. The average Bonchev–Trinajstić information content (AvgIpc) is 2.34. The Morgan fingerprint density at radius 1 is 1.70 bits per heavy atom. The minimum absolute atomic E-state index is 0.0741. The van der Waals surface area contributed by atoms with E-state index in [4.69, 9.17) is 0 Å². The van der Waals surface area contributed by atoms with Crippen LogP contribution in [0.5, 0.6) is 0 Å². The number of esters is 1. The van der Waals surface area contributed by atoms with Crippen molar-refractivity contribution in [1.82, 2.24) is 5.32 Å². The molecule has 58 valence electrons. The quantitative estimate of drug-likeness (QED) is 0.531. The molecule has 3 nitrogen and oxygen atoms in total. The third-order valence-electron chi connectivity index (χ3n) is 2.03. The topological polar surface area (TPSA) is 38.3 Å². The summed E-state index contributed by atoms with van der Waals surface area (Å²) in [7, 11) is 1.44. The predicted octanol–water partition coefficient (Wildman–Crippen LogP) is 0.157. The van der Waals surface area contributed by atoms with E-state index in [0.29, 0.717) is 0 Å². The number of hydrogen-bond acceptors (Lipinski definition) is 3. The molecule has 0 aromatic rings. The first-order valence-corrected chi connectivity index (χ1v) is 3.57. The Kier molecular flexibility index (Phi) is 2.27. The van der Waals surface area contributed by atoms with Crippen molar-refractivity contribution in [3.63, 3.8) is 0 Å². The second-order valence-electron chi connectivity index (χ2n) is 2.66. The molecule has 3 heteroatoms. The van der Waals surface area contributed by atoms with Gasteiger partial charge in [0.2, 0.25) is 0 Å². The van der Waals surface area contributed by atoms with Gasteiger partial charge in [-0.25, -0.2) is 0 Å². The minimum Gasteiger partial charge on any atom is -0.469 e. The van der Waals surface area contributed by atoms with Gasteiger partial charge >= 0.3 is 5.97 Å². The van der Waals surface area contributed by atoms with Gasteiger partial charge < -0.3 is 10.1 Å². The van der Waals surface area contributed by atoms with Gasteiger partial charge in [-0.05, 0) is 19.9 Å². The molecule has 0 bridgehead atoms. The molecule has 1 aliphatic rings. The fourth-order valence-electron chi connectivity index (χ4n) is 1.33. The zero-order valence-electron chi connectivity index (χ0n) is 6.39. The fraction of sp³-hybridized carbons (Fsp3) is 0.857. The summed E-state index contributed by atoms with van der Waals surface area (Å²) in [5.41, 5.74) is 0. The number of carbonyl (C=O) groups is 1. The van der Waals surface area contributed by atoms with Crippen LogP contribution in [0.25, 0.3) is 0 Å². The molecule has 1 heterocycles. The summed E-state index contributed by atoms with van der Waals surface area (Å²) < 4.78 is 4.63. The third-order valence-corrected chi connectivity index (χ3v) is 2.03. The maximum Gasteiger partial charge on any atom is 0.310 e. The molecule has 0 amide bonds. The largest absolute Gasteiger partial charge is 0.469 e. The van der Waals surface area contributed by atoms with Crippen molar-refractivity contribution in [2.45, 2.75) is 19.4 Å². The van der Waals surface area contributed by atoms with Gasteiger partial charge in [0.1, 0.15) is 0 Å². The Hall–Kier alpha value is -0.570. The molecule has 1 rings (SSSR count). The van der Waals surface area contributed by atoms with Crippen LogP contribution in [-0.2, 0) is 9.53 Å². The maximum absolute atomic E-state index is 11.0. The Morgan fingerprint density at radius 3 is 2.80 bits per heavy atom. The second-order valence-corrected chi connectivity index (χ2v) is 2.66. The lowest BCUT2D eigenvalue weighted by Gasteiger charge is -2.10. The molecule has 1 fully saturated rings. The van der Waals surface area contributed by atoms with Crippen LogP contribution in [0, 0.1) is 5.92 Å². The Morgan fingerprint density at radius 2 is 2.40 bits per heavy atom. The summed E-state index contributed by atoms with van der Waals surface area (Å²) in [6.45, 7) is 2.94. The van der Waals surface area contributed by atoms with Crippen molar-refractivity contribution < 1.29 is 9.53 Å². The van der Waals surface area contributed by atoms with Crippen molar-refractivity contribution in [3.05, 3.63) is 0 Å². The summed E-state index contributed by atoms with van der Waals surface area (Å²) >= 11 is 0. The normalized spacial score (nSPS) is 32.2. The highest BCUT2D eigenvalue weighted by atomic mass is 16.5. The first-order valence-electron chi connectivity index (χ1n) is 3.57. The molecule has 2 unspecified atom stereocenters. The maximum atomic E-state index is 11.0. The monoisotopic (exact) mass is 143 g/mol. The lowest BCUT2D eigenvalue weighted by atomic mass is 10.0. The molecule has 0 saturated carbocycles. The van der Waals surface area contributed by atoms with E-state index in [1.54, 1.807) is 0 Å². The van der Waals surface area contributed by atoms with E-state index < -0.39 is 0 Å². The number of hydrogen-bond donors (Lipinski definition) is 1. The lowest BCUT2D eigenvalue weighted by molar-refractivity contribution is -0.145. The standard InChI is InChI=1S/C7H13NO2/c1-5-6(3-4-8-5)7(9)10-2/h5-6,8H,3-4H2,1-2H3. The number of methoxy groups -OCH3 is 1. The van der Waals surface area contributed by atoms with Crippen LogP contribution < -0.4 is 5.32 Å². The van der Waals surface area contributed by atoms with Crippen LogP contribution >= 0.6 is 0 Å². The summed E-state index contributed by atoms with van der Waals surface area (Å²) in [6, 6.07) is 0.285. The van der Waals surface area contributed by atoms with E-state index in [0.717, 1.165) is 13.0 Å². The molecule has 1 aliphatic heterocycles. The van der Waals surface area contributed by atoms with Crippen LogP contribution in [-0.4, -0.2) is 25.7 Å². The highest BCUT2D eigenvalue weighted by Gasteiger charge is 2.29. The highest BCUT2D eigenvalue weighted by molar-refractivity contribution is 5.73. The molecular weight excluding hydrogens is 130 g/mol. The van der Waals surface area contributed by atoms with Crippen LogP contribution in [0.4, 0.5) is 0 Å². The van der Waals surface area contributed by atoms with Gasteiger partial charge in [0.05, 0.1) is 13.0 Å². The Bertz CT molecular complexity index is 136.